The van der Waals surface area contributed by atoms with Gasteiger partial charge in [0, 0.05) is 29.4 Å². The molecule has 0 saturated carbocycles. The van der Waals surface area contributed by atoms with Crippen molar-refractivity contribution >= 4 is 43.1 Å². The quantitative estimate of drug-likeness (QED) is 0.174. The van der Waals surface area contributed by atoms with Gasteiger partial charge >= 0.3 is 0 Å². The first-order chi connectivity index (χ1) is 20.1. The van der Waals surface area contributed by atoms with E-state index in [1.807, 2.05) is 49.4 Å². The van der Waals surface area contributed by atoms with E-state index in [2.05, 4.69) is 43.8 Å². The van der Waals surface area contributed by atoms with E-state index >= 15 is 0 Å². The number of benzene rings is 2. The maximum absolute atomic E-state index is 13.4. The summed E-state index contributed by atoms with van der Waals surface area (Å²) >= 11 is 0. The van der Waals surface area contributed by atoms with Crippen molar-refractivity contribution in [2.45, 2.75) is 89.2 Å². The molecule has 9 nitrogen and oxygen atoms in total. The van der Waals surface area contributed by atoms with Crippen LogP contribution in [0.25, 0.3) is 11.0 Å². The van der Waals surface area contributed by atoms with Gasteiger partial charge in [0.15, 0.2) is 0 Å². The number of fused-ring (bicyclic) bond motifs is 1. The fraction of sp³-hybridized carbons (Fsp3) is 0.548. The molecular formula is C31H48N4O5SSi2. The van der Waals surface area contributed by atoms with Crippen LogP contribution in [-0.2, 0) is 37.4 Å². The lowest BCUT2D eigenvalue weighted by Gasteiger charge is -2.20. The van der Waals surface area contributed by atoms with Gasteiger partial charge in [0.25, 0.3) is 0 Å². The van der Waals surface area contributed by atoms with Crippen LogP contribution in [0.15, 0.2) is 42.5 Å². The third-order valence-electron chi connectivity index (χ3n) is 7.88. The number of aryl methyl sites for hydroxylation is 1. The molecule has 1 saturated heterocycles. The highest BCUT2D eigenvalue weighted by atomic mass is 32.2. The van der Waals surface area contributed by atoms with Crippen LogP contribution in [0.5, 0.6) is 0 Å². The van der Waals surface area contributed by atoms with Crippen molar-refractivity contribution in [1.29, 1.82) is 0 Å². The average molecular weight is 645 g/mol. The topological polar surface area (TPSA) is 117 Å². The standard InChI is InChI=1S/C31H48N4O5SSi2/c1-23-18-24(12-13-25(23)29-20-30(36)35(41(29,37)38)22-40-15-17-43(5,6)7)19-26(32)31-33-27-10-8-9-11-28(27)34(31)21-39-14-16-42(2,3)4/h8-13,18,26,29H,14-17,19-22,32H2,1-7H3/t26-,29?/m0/s1. The Balaban J connectivity index is 1.47. The van der Waals surface area contributed by atoms with Gasteiger partial charge in [-0.2, -0.15) is 0 Å². The molecule has 0 spiro atoms. The van der Waals surface area contributed by atoms with Crippen LogP contribution in [0.4, 0.5) is 0 Å². The Bertz CT molecular complexity index is 1550. The average Bonchev–Trinajstić information content (AvgIpc) is 3.37. The monoisotopic (exact) mass is 644 g/mol. The van der Waals surface area contributed by atoms with Gasteiger partial charge in [0.05, 0.1) is 23.5 Å². The van der Waals surface area contributed by atoms with E-state index in [0.717, 1.165) is 44.4 Å². The first kappa shape index (κ1) is 33.5. The molecule has 12 heteroatoms. The summed E-state index contributed by atoms with van der Waals surface area (Å²) < 4.78 is 41.4. The van der Waals surface area contributed by atoms with Crippen LogP contribution in [0.2, 0.25) is 51.4 Å². The molecule has 0 aliphatic carbocycles. The van der Waals surface area contributed by atoms with Crippen LogP contribution in [-0.4, -0.2) is 64.3 Å². The summed E-state index contributed by atoms with van der Waals surface area (Å²) in [6.07, 6.45) is 0.438. The van der Waals surface area contributed by atoms with Crippen molar-refractivity contribution in [3.63, 3.8) is 0 Å². The molecule has 2 atom stereocenters. The van der Waals surface area contributed by atoms with Crippen molar-refractivity contribution in [3.8, 4) is 0 Å². The summed E-state index contributed by atoms with van der Waals surface area (Å²) in [5, 5.41) is -0.916. The van der Waals surface area contributed by atoms with Crippen molar-refractivity contribution in [1.82, 2.24) is 13.9 Å². The van der Waals surface area contributed by atoms with Gasteiger partial charge in [-0.15, -0.1) is 0 Å². The molecule has 2 N–H and O–H groups in total. The number of para-hydroxylation sites is 2. The summed E-state index contributed by atoms with van der Waals surface area (Å²) in [4.78, 5) is 17.6. The van der Waals surface area contributed by atoms with E-state index in [9.17, 15) is 13.2 Å². The number of nitrogens with two attached hydrogens (primary N) is 1. The van der Waals surface area contributed by atoms with Crippen molar-refractivity contribution in [2.24, 2.45) is 5.73 Å². The molecule has 1 unspecified atom stereocenters. The smallest absolute Gasteiger partial charge is 0.246 e. The Hall–Kier alpha value is -2.36. The van der Waals surface area contributed by atoms with Crippen molar-refractivity contribution in [3.05, 3.63) is 65.0 Å². The molecule has 4 rings (SSSR count). The molecule has 1 aliphatic rings. The summed E-state index contributed by atoms with van der Waals surface area (Å²) in [6, 6.07) is 15.3. The number of amides is 1. The fourth-order valence-electron chi connectivity index (χ4n) is 5.22. The molecule has 0 radical (unpaired) electrons. The summed E-state index contributed by atoms with van der Waals surface area (Å²) in [5.74, 6) is 0.333. The number of ether oxygens (including phenoxy) is 2. The van der Waals surface area contributed by atoms with Gasteiger partial charge in [-0.25, -0.2) is 17.7 Å². The molecule has 1 aliphatic heterocycles. The molecule has 0 bridgehead atoms. The molecule has 1 amide bonds. The van der Waals surface area contributed by atoms with Crippen LogP contribution < -0.4 is 5.73 Å². The minimum atomic E-state index is -3.87. The highest BCUT2D eigenvalue weighted by Gasteiger charge is 2.45. The van der Waals surface area contributed by atoms with E-state index < -0.39 is 37.3 Å². The lowest BCUT2D eigenvalue weighted by molar-refractivity contribution is -0.128. The Kier molecular flexibility index (Phi) is 10.4. The molecule has 1 aromatic heterocycles. The van der Waals surface area contributed by atoms with Gasteiger partial charge in [-0.1, -0.05) is 69.6 Å². The number of nitrogens with zero attached hydrogens (tertiary/aromatic N) is 3. The predicted molar refractivity (Wildman–Crippen MR) is 178 cm³/mol. The first-order valence-electron chi connectivity index (χ1n) is 15.1. The number of hydrogen-bond donors (Lipinski definition) is 1. The van der Waals surface area contributed by atoms with Crippen molar-refractivity contribution in [2.75, 3.05) is 19.9 Å². The number of carbonyl (C=O) groups is 1. The Morgan fingerprint density at radius 3 is 2.23 bits per heavy atom. The van der Waals surface area contributed by atoms with E-state index in [-0.39, 0.29) is 19.2 Å². The summed E-state index contributed by atoms with van der Waals surface area (Å²) in [6.45, 7) is 16.9. The number of hydrogen-bond acceptors (Lipinski definition) is 7. The Morgan fingerprint density at radius 1 is 0.977 bits per heavy atom. The van der Waals surface area contributed by atoms with Gasteiger partial charge in [-0.3, -0.25) is 4.79 Å². The minimum absolute atomic E-state index is 0.0822. The molecule has 2 heterocycles. The molecule has 236 valence electrons. The van der Waals surface area contributed by atoms with Crippen LogP contribution in [0, 0.1) is 6.92 Å². The number of rotatable bonds is 14. The normalized spacial score (nSPS) is 18.1. The van der Waals surface area contributed by atoms with Gasteiger partial charge in [-0.05, 0) is 54.3 Å². The number of sulfonamides is 1. The molecule has 2 aromatic carbocycles. The number of carbonyl (C=O) groups excluding carboxylic acids is 1. The van der Waals surface area contributed by atoms with E-state index in [1.165, 1.54) is 0 Å². The molecule has 1 fully saturated rings. The summed E-state index contributed by atoms with van der Waals surface area (Å²) in [5.41, 5.74) is 11.0. The highest BCUT2D eigenvalue weighted by molar-refractivity contribution is 7.90. The second kappa shape index (κ2) is 13.3. The molecule has 3 aromatic rings. The second-order valence-corrected chi connectivity index (χ2v) is 27.3. The molecular weight excluding hydrogens is 597 g/mol. The Morgan fingerprint density at radius 2 is 1.60 bits per heavy atom. The lowest BCUT2D eigenvalue weighted by atomic mass is 9.97. The number of aromatic nitrogens is 2. The highest BCUT2D eigenvalue weighted by Crippen LogP contribution is 2.38. The summed E-state index contributed by atoms with van der Waals surface area (Å²) in [7, 11) is -6.40. The van der Waals surface area contributed by atoms with Crippen molar-refractivity contribution < 1.29 is 22.7 Å². The third kappa shape index (κ3) is 8.43. The molecule has 43 heavy (non-hydrogen) atoms. The first-order valence-corrected chi connectivity index (χ1v) is 24.0. The second-order valence-electron chi connectivity index (χ2n) is 14.1. The SMILES string of the molecule is Cc1cc(C[C@H](N)c2nc3ccccc3n2COCC[Si](C)(C)C)ccc1C1CC(=O)N(COCC[Si](C)(C)C)S1(=O)=O. The Labute approximate surface area is 258 Å². The zero-order valence-electron chi connectivity index (χ0n) is 26.7. The zero-order valence-corrected chi connectivity index (χ0v) is 29.5. The fourth-order valence-corrected chi connectivity index (χ4v) is 8.56. The van der Waals surface area contributed by atoms with Crippen LogP contribution >= 0.6 is 0 Å². The van der Waals surface area contributed by atoms with Gasteiger partial charge in [0.2, 0.25) is 15.9 Å². The van der Waals surface area contributed by atoms with Gasteiger partial charge in [0.1, 0.15) is 24.5 Å². The third-order valence-corrected chi connectivity index (χ3v) is 13.4. The maximum atomic E-state index is 13.4. The maximum Gasteiger partial charge on any atom is 0.246 e. The van der Waals surface area contributed by atoms with Crippen LogP contribution in [0.1, 0.15) is 40.2 Å². The van der Waals surface area contributed by atoms with E-state index in [0.29, 0.717) is 31.9 Å². The minimum Gasteiger partial charge on any atom is -0.361 e. The predicted octanol–water partition coefficient (Wildman–Crippen LogP) is 5.82. The largest absolute Gasteiger partial charge is 0.361 e. The van der Waals surface area contributed by atoms with E-state index in [4.69, 9.17) is 20.2 Å². The van der Waals surface area contributed by atoms with Gasteiger partial charge < -0.3 is 19.8 Å². The van der Waals surface area contributed by atoms with E-state index in [1.54, 1.807) is 0 Å². The van der Waals surface area contributed by atoms with Crippen LogP contribution in [0.3, 0.4) is 0 Å². The lowest BCUT2D eigenvalue weighted by Crippen LogP contribution is -2.33. The number of imidazole rings is 1. The zero-order chi connectivity index (χ0) is 31.6.